The maximum Gasteiger partial charge on any atom is 0.353 e. The summed E-state index contributed by atoms with van der Waals surface area (Å²) < 4.78 is 4.38. The van der Waals surface area contributed by atoms with Gasteiger partial charge in [0.1, 0.15) is 11.4 Å². The second-order valence-electron chi connectivity index (χ2n) is 3.67. The van der Waals surface area contributed by atoms with Crippen molar-refractivity contribution < 1.29 is 19.1 Å². The van der Waals surface area contributed by atoms with Gasteiger partial charge < -0.3 is 15.0 Å². The van der Waals surface area contributed by atoms with Gasteiger partial charge in [0.15, 0.2) is 0 Å². The van der Waals surface area contributed by atoms with Crippen molar-refractivity contribution in [3.63, 3.8) is 0 Å². The van der Waals surface area contributed by atoms with Gasteiger partial charge in [-0.15, -0.1) is 0 Å². The SMILES string of the molecule is C=C(NC(=O)C(=C)N1CC=C(C)C1=O)C(=O)OC. The summed E-state index contributed by atoms with van der Waals surface area (Å²) in [7, 11) is 1.17. The number of carbonyl (C=O) groups is 3. The molecule has 0 aromatic rings. The lowest BCUT2D eigenvalue weighted by molar-refractivity contribution is -0.137. The van der Waals surface area contributed by atoms with E-state index >= 15 is 0 Å². The Morgan fingerprint density at radius 3 is 2.50 bits per heavy atom. The number of hydrogen-bond donors (Lipinski definition) is 1. The van der Waals surface area contributed by atoms with Gasteiger partial charge in [0.25, 0.3) is 11.8 Å². The first-order chi connectivity index (χ1) is 8.38. The van der Waals surface area contributed by atoms with E-state index in [-0.39, 0.29) is 17.3 Å². The van der Waals surface area contributed by atoms with Gasteiger partial charge in [-0.3, -0.25) is 9.59 Å². The molecule has 96 valence electrons. The summed E-state index contributed by atoms with van der Waals surface area (Å²) in [6.07, 6.45) is 1.69. The molecule has 0 aromatic carbocycles. The number of nitrogens with one attached hydrogen (secondary N) is 1. The third-order valence-electron chi connectivity index (χ3n) is 2.45. The third-order valence-corrected chi connectivity index (χ3v) is 2.45. The Labute approximate surface area is 105 Å². The fourth-order valence-electron chi connectivity index (χ4n) is 1.35. The molecule has 0 atom stereocenters. The van der Waals surface area contributed by atoms with E-state index in [9.17, 15) is 14.4 Å². The largest absolute Gasteiger partial charge is 0.464 e. The van der Waals surface area contributed by atoms with Crippen molar-refractivity contribution in [2.75, 3.05) is 13.7 Å². The summed E-state index contributed by atoms with van der Waals surface area (Å²) in [5.41, 5.74) is 0.300. The Hall–Kier alpha value is -2.37. The first-order valence-electron chi connectivity index (χ1n) is 5.14. The second-order valence-corrected chi connectivity index (χ2v) is 3.67. The van der Waals surface area contributed by atoms with Crippen molar-refractivity contribution in [1.29, 1.82) is 0 Å². The molecule has 0 bridgehead atoms. The van der Waals surface area contributed by atoms with E-state index in [1.54, 1.807) is 13.0 Å². The zero-order chi connectivity index (χ0) is 13.9. The van der Waals surface area contributed by atoms with E-state index in [4.69, 9.17) is 0 Å². The van der Waals surface area contributed by atoms with Crippen LogP contribution in [0.4, 0.5) is 0 Å². The molecule has 0 saturated carbocycles. The zero-order valence-corrected chi connectivity index (χ0v) is 10.3. The minimum atomic E-state index is -0.752. The number of esters is 1. The lowest BCUT2D eigenvalue weighted by atomic mass is 10.3. The van der Waals surface area contributed by atoms with Crippen LogP contribution in [0.5, 0.6) is 0 Å². The lowest BCUT2D eigenvalue weighted by Crippen LogP contribution is -2.37. The third kappa shape index (κ3) is 2.65. The Morgan fingerprint density at radius 1 is 1.44 bits per heavy atom. The Kier molecular flexibility index (Phi) is 4.04. The molecular weight excluding hydrogens is 236 g/mol. The number of rotatable bonds is 4. The van der Waals surface area contributed by atoms with Crippen LogP contribution in [0.25, 0.3) is 0 Å². The summed E-state index contributed by atoms with van der Waals surface area (Å²) >= 11 is 0. The molecule has 0 aliphatic carbocycles. The average Bonchev–Trinajstić information content (AvgIpc) is 2.67. The van der Waals surface area contributed by atoms with Crippen LogP contribution in [0.2, 0.25) is 0 Å². The van der Waals surface area contributed by atoms with Crippen LogP contribution in [0.1, 0.15) is 6.92 Å². The van der Waals surface area contributed by atoms with E-state index in [1.807, 2.05) is 0 Å². The molecule has 18 heavy (non-hydrogen) atoms. The van der Waals surface area contributed by atoms with Gasteiger partial charge in [0.2, 0.25) is 0 Å². The van der Waals surface area contributed by atoms with Gasteiger partial charge in [-0.1, -0.05) is 19.2 Å². The van der Waals surface area contributed by atoms with E-state index in [2.05, 4.69) is 23.2 Å². The molecule has 1 heterocycles. The Bertz CT molecular complexity index is 476. The molecule has 0 saturated heterocycles. The van der Waals surface area contributed by atoms with Crippen molar-refractivity contribution in [2.45, 2.75) is 6.92 Å². The molecule has 2 amide bonds. The monoisotopic (exact) mass is 250 g/mol. The van der Waals surface area contributed by atoms with Gasteiger partial charge in [-0.2, -0.15) is 0 Å². The van der Waals surface area contributed by atoms with Crippen LogP contribution in [-0.4, -0.2) is 36.3 Å². The number of hydrogen-bond acceptors (Lipinski definition) is 4. The molecule has 0 spiro atoms. The van der Waals surface area contributed by atoms with Crippen LogP contribution in [0, 0.1) is 0 Å². The van der Waals surface area contributed by atoms with Crippen molar-refractivity contribution in [3.8, 4) is 0 Å². The number of carbonyl (C=O) groups excluding carboxylic acids is 3. The minimum Gasteiger partial charge on any atom is -0.464 e. The van der Waals surface area contributed by atoms with Crippen molar-refractivity contribution in [2.24, 2.45) is 0 Å². The average molecular weight is 250 g/mol. The van der Waals surface area contributed by atoms with Crippen LogP contribution < -0.4 is 5.32 Å². The zero-order valence-electron chi connectivity index (χ0n) is 10.3. The lowest BCUT2D eigenvalue weighted by Gasteiger charge is -2.18. The smallest absolute Gasteiger partial charge is 0.353 e. The molecule has 1 rings (SSSR count). The molecular formula is C12H14N2O4. The summed E-state index contributed by atoms with van der Waals surface area (Å²) in [4.78, 5) is 35.6. The highest BCUT2D eigenvalue weighted by Gasteiger charge is 2.27. The maximum absolute atomic E-state index is 11.7. The highest BCUT2D eigenvalue weighted by Crippen LogP contribution is 2.15. The van der Waals surface area contributed by atoms with E-state index < -0.39 is 11.9 Å². The first-order valence-corrected chi connectivity index (χ1v) is 5.14. The maximum atomic E-state index is 11.7. The van der Waals surface area contributed by atoms with Crippen LogP contribution in [-0.2, 0) is 19.1 Å². The topological polar surface area (TPSA) is 75.7 Å². The molecule has 0 unspecified atom stereocenters. The van der Waals surface area contributed by atoms with E-state index in [1.165, 1.54) is 12.0 Å². The Balaban J connectivity index is 2.64. The van der Waals surface area contributed by atoms with E-state index in [0.29, 0.717) is 12.1 Å². The highest BCUT2D eigenvalue weighted by molar-refractivity contribution is 6.05. The van der Waals surface area contributed by atoms with Crippen molar-refractivity contribution in [1.82, 2.24) is 10.2 Å². The number of ether oxygens (including phenoxy) is 1. The summed E-state index contributed by atoms with van der Waals surface area (Å²) in [6.45, 7) is 8.82. The van der Waals surface area contributed by atoms with Gasteiger partial charge in [-0.05, 0) is 6.92 Å². The van der Waals surface area contributed by atoms with Crippen molar-refractivity contribution in [3.05, 3.63) is 36.2 Å². The molecule has 6 nitrogen and oxygen atoms in total. The predicted molar refractivity (Wildman–Crippen MR) is 63.9 cm³/mol. The van der Waals surface area contributed by atoms with Gasteiger partial charge in [-0.25, -0.2) is 4.79 Å². The summed E-state index contributed by atoms with van der Waals surface area (Å²) in [5.74, 6) is -1.70. The highest BCUT2D eigenvalue weighted by atomic mass is 16.5. The van der Waals surface area contributed by atoms with Crippen LogP contribution >= 0.6 is 0 Å². The molecule has 1 aliphatic rings. The first kappa shape index (κ1) is 13.7. The number of methoxy groups -OCH3 is 1. The fourth-order valence-corrected chi connectivity index (χ4v) is 1.35. The normalized spacial score (nSPS) is 14.0. The van der Waals surface area contributed by atoms with Gasteiger partial charge in [0.05, 0.1) is 7.11 Å². The minimum absolute atomic E-state index is 0.0434. The van der Waals surface area contributed by atoms with Crippen LogP contribution in [0.3, 0.4) is 0 Å². The number of amides is 2. The van der Waals surface area contributed by atoms with Gasteiger partial charge in [0, 0.05) is 12.1 Å². The standard InChI is InChI=1S/C12H14N2O4/c1-7-5-6-14(11(7)16)9(3)10(15)13-8(2)12(17)18-4/h5H,2-3,6H2,1,4H3,(H,13,15). The van der Waals surface area contributed by atoms with Crippen molar-refractivity contribution >= 4 is 17.8 Å². The molecule has 0 aromatic heterocycles. The second kappa shape index (κ2) is 5.31. The molecule has 0 radical (unpaired) electrons. The predicted octanol–water partition coefficient (Wildman–Crippen LogP) is 0.0915. The quantitative estimate of drug-likeness (QED) is 0.567. The Morgan fingerprint density at radius 2 is 2.06 bits per heavy atom. The van der Waals surface area contributed by atoms with Gasteiger partial charge >= 0.3 is 5.97 Å². The summed E-state index contributed by atoms with van der Waals surface area (Å²) in [6, 6.07) is 0. The number of nitrogens with zero attached hydrogens (tertiary/aromatic N) is 1. The fraction of sp³-hybridized carbons (Fsp3) is 0.250. The molecule has 1 aliphatic heterocycles. The molecule has 1 N–H and O–H groups in total. The van der Waals surface area contributed by atoms with Crippen LogP contribution in [0.15, 0.2) is 36.2 Å². The molecule has 0 fully saturated rings. The summed E-state index contributed by atoms with van der Waals surface area (Å²) in [5, 5.41) is 2.22. The van der Waals surface area contributed by atoms with E-state index in [0.717, 1.165) is 0 Å². The molecule has 6 heteroatoms.